The summed E-state index contributed by atoms with van der Waals surface area (Å²) in [6.45, 7) is 5.99. The SMILES string of the molecule is C=CCCN1c2ccccc2N(c2ccccc2C)S1(=O)=O. The second-order valence-electron chi connectivity index (χ2n) is 5.20. The lowest BCUT2D eigenvalue weighted by Crippen LogP contribution is -2.36. The maximum Gasteiger partial charge on any atom is 0.330 e. The van der Waals surface area contributed by atoms with E-state index in [-0.39, 0.29) is 0 Å². The predicted molar refractivity (Wildman–Crippen MR) is 90.8 cm³/mol. The van der Waals surface area contributed by atoms with Crippen LogP contribution in [0.1, 0.15) is 12.0 Å². The molecule has 0 aliphatic carbocycles. The lowest BCUT2D eigenvalue weighted by atomic mass is 10.2. The van der Waals surface area contributed by atoms with Gasteiger partial charge in [0, 0.05) is 6.54 Å². The zero-order valence-electron chi connectivity index (χ0n) is 12.4. The summed E-state index contributed by atoms with van der Waals surface area (Å²) in [4.78, 5) is 0. The van der Waals surface area contributed by atoms with Crippen molar-refractivity contribution >= 4 is 27.3 Å². The highest BCUT2D eigenvalue weighted by molar-refractivity contribution is 7.95. The summed E-state index contributed by atoms with van der Waals surface area (Å²) in [6.07, 6.45) is 2.34. The summed E-state index contributed by atoms with van der Waals surface area (Å²) >= 11 is 0. The topological polar surface area (TPSA) is 40.6 Å². The van der Waals surface area contributed by atoms with E-state index in [4.69, 9.17) is 0 Å². The molecule has 0 saturated heterocycles. The number of anilines is 3. The standard InChI is InChI=1S/C17H18N2O2S/c1-3-4-13-18-16-11-7-8-12-17(16)19(22(18,20)21)15-10-6-5-9-14(15)2/h3,5-12H,1,4,13H2,2H3. The van der Waals surface area contributed by atoms with Crippen molar-refractivity contribution < 1.29 is 8.42 Å². The molecule has 114 valence electrons. The Labute approximate surface area is 131 Å². The molecule has 2 aromatic rings. The Balaban J connectivity index is 2.19. The molecule has 0 atom stereocenters. The second-order valence-corrected chi connectivity index (χ2v) is 6.90. The van der Waals surface area contributed by atoms with Crippen LogP contribution < -0.4 is 8.61 Å². The van der Waals surface area contributed by atoms with Crippen LogP contribution in [0.2, 0.25) is 0 Å². The van der Waals surface area contributed by atoms with Crippen molar-refractivity contribution in [3.05, 3.63) is 66.7 Å². The van der Waals surface area contributed by atoms with E-state index < -0.39 is 10.2 Å². The Morgan fingerprint density at radius 1 is 1.00 bits per heavy atom. The number of para-hydroxylation sites is 3. The van der Waals surface area contributed by atoms with Crippen molar-refractivity contribution in [2.45, 2.75) is 13.3 Å². The molecule has 3 rings (SSSR count). The summed E-state index contributed by atoms with van der Waals surface area (Å²) in [5.41, 5.74) is 3.02. The van der Waals surface area contributed by atoms with E-state index in [0.717, 1.165) is 5.56 Å². The van der Waals surface area contributed by atoms with Crippen LogP contribution in [0, 0.1) is 6.92 Å². The molecule has 1 heterocycles. The molecule has 0 aromatic heterocycles. The lowest BCUT2D eigenvalue weighted by molar-refractivity contribution is 0.594. The minimum absolute atomic E-state index is 0.394. The highest BCUT2D eigenvalue weighted by atomic mass is 32.2. The van der Waals surface area contributed by atoms with E-state index >= 15 is 0 Å². The van der Waals surface area contributed by atoms with Crippen LogP contribution >= 0.6 is 0 Å². The fourth-order valence-corrected chi connectivity index (χ4v) is 4.48. The molecule has 0 N–H and O–H groups in total. The van der Waals surface area contributed by atoms with Crippen molar-refractivity contribution in [1.82, 2.24) is 0 Å². The summed E-state index contributed by atoms with van der Waals surface area (Å²) < 4.78 is 28.9. The number of hydrogen-bond donors (Lipinski definition) is 0. The quantitative estimate of drug-likeness (QED) is 0.806. The molecule has 0 unspecified atom stereocenters. The molecule has 0 bridgehead atoms. The van der Waals surface area contributed by atoms with Gasteiger partial charge in [0.25, 0.3) is 0 Å². The molecule has 2 aromatic carbocycles. The molecule has 0 radical (unpaired) electrons. The Morgan fingerprint density at radius 3 is 2.23 bits per heavy atom. The number of aryl methyl sites for hydroxylation is 1. The summed E-state index contributed by atoms with van der Waals surface area (Å²) in [6, 6.07) is 14.9. The van der Waals surface area contributed by atoms with Gasteiger partial charge in [-0.15, -0.1) is 6.58 Å². The molecule has 1 aliphatic rings. The van der Waals surface area contributed by atoms with E-state index in [1.54, 1.807) is 6.08 Å². The number of nitrogens with zero attached hydrogens (tertiary/aromatic N) is 2. The van der Waals surface area contributed by atoms with Crippen molar-refractivity contribution in [3.8, 4) is 0 Å². The van der Waals surface area contributed by atoms with Gasteiger partial charge < -0.3 is 0 Å². The largest absolute Gasteiger partial charge is 0.330 e. The van der Waals surface area contributed by atoms with E-state index in [1.807, 2.05) is 55.5 Å². The zero-order chi connectivity index (χ0) is 15.7. The van der Waals surface area contributed by atoms with Gasteiger partial charge >= 0.3 is 10.2 Å². The predicted octanol–water partition coefficient (Wildman–Crippen LogP) is 3.77. The molecule has 0 spiro atoms. The van der Waals surface area contributed by atoms with Crippen LogP contribution in [0.5, 0.6) is 0 Å². The van der Waals surface area contributed by atoms with Gasteiger partial charge in [-0.2, -0.15) is 8.42 Å². The maximum atomic E-state index is 13.0. The Morgan fingerprint density at radius 2 is 1.59 bits per heavy atom. The molecule has 22 heavy (non-hydrogen) atoms. The molecule has 0 fully saturated rings. The molecular weight excluding hydrogens is 296 g/mol. The summed E-state index contributed by atoms with van der Waals surface area (Å²) in [7, 11) is -3.62. The second kappa shape index (κ2) is 5.50. The first-order valence-corrected chi connectivity index (χ1v) is 8.55. The van der Waals surface area contributed by atoms with Crippen LogP contribution in [0.25, 0.3) is 0 Å². The maximum absolute atomic E-state index is 13.0. The van der Waals surface area contributed by atoms with Crippen molar-refractivity contribution in [2.75, 3.05) is 15.2 Å². The van der Waals surface area contributed by atoms with Gasteiger partial charge in [0.1, 0.15) is 0 Å². The average Bonchev–Trinajstić information content (AvgIpc) is 2.72. The van der Waals surface area contributed by atoms with Crippen LogP contribution in [-0.4, -0.2) is 15.0 Å². The minimum atomic E-state index is -3.62. The van der Waals surface area contributed by atoms with Crippen LogP contribution in [0.4, 0.5) is 17.1 Å². The van der Waals surface area contributed by atoms with Gasteiger partial charge in [0.2, 0.25) is 0 Å². The summed E-state index contributed by atoms with van der Waals surface area (Å²) in [5, 5.41) is 0. The number of fused-ring (bicyclic) bond motifs is 1. The fourth-order valence-electron chi connectivity index (χ4n) is 2.68. The van der Waals surface area contributed by atoms with E-state index in [2.05, 4.69) is 6.58 Å². The van der Waals surface area contributed by atoms with Crippen molar-refractivity contribution in [1.29, 1.82) is 0 Å². The normalized spacial score (nSPS) is 15.7. The van der Waals surface area contributed by atoms with Crippen LogP contribution in [0.3, 0.4) is 0 Å². The third-order valence-electron chi connectivity index (χ3n) is 3.75. The fraction of sp³-hybridized carbons (Fsp3) is 0.176. The smallest absolute Gasteiger partial charge is 0.251 e. The monoisotopic (exact) mass is 314 g/mol. The highest BCUT2D eigenvalue weighted by Gasteiger charge is 2.41. The van der Waals surface area contributed by atoms with Gasteiger partial charge in [-0.05, 0) is 37.1 Å². The van der Waals surface area contributed by atoms with Gasteiger partial charge in [-0.1, -0.05) is 36.4 Å². The number of rotatable bonds is 4. The van der Waals surface area contributed by atoms with E-state index in [0.29, 0.717) is 30.0 Å². The highest BCUT2D eigenvalue weighted by Crippen LogP contribution is 2.45. The Hall–Kier alpha value is -2.27. The molecule has 0 amide bonds. The van der Waals surface area contributed by atoms with Crippen LogP contribution in [0.15, 0.2) is 61.2 Å². The zero-order valence-corrected chi connectivity index (χ0v) is 13.3. The first-order valence-electron chi connectivity index (χ1n) is 7.16. The van der Waals surface area contributed by atoms with Gasteiger partial charge in [0.05, 0.1) is 17.1 Å². The Bertz CT molecular complexity index is 815. The third kappa shape index (κ3) is 2.18. The van der Waals surface area contributed by atoms with E-state index in [1.165, 1.54) is 8.61 Å². The van der Waals surface area contributed by atoms with Gasteiger partial charge in [-0.25, -0.2) is 4.31 Å². The van der Waals surface area contributed by atoms with Crippen LogP contribution in [-0.2, 0) is 10.2 Å². The average molecular weight is 314 g/mol. The molecular formula is C17H18N2O2S. The minimum Gasteiger partial charge on any atom is -0.251 e. The van der Waals surface area contributed by atoms with Gasteiger partial charge in [0.15, 0.2) is 0 Å². The first kappa shape index (κ1) is 14.7. The van der Waals surface area contributed by atoms with Crippen molar-refractivity contribution in [3.63, 3.8) is 0 Å². The molecule has 1 aliphatic heterocycles. The van der Waals surface area contributed by atoms with Gasteiger partial charge in [-0.3, -0.25) is 4.31 Å². The van der Waals surface area contributed by atoms with Crippen molar-refractivity contribution in [2.24, 2.45) is 0 Å². The molecule has 4 nitrogen and oxygen atoms in total. The third-order valence-corrected chi connectivity index (χ3v) is 5.54. The first-order chi connectivity index (χ1) is 10.6. The molecule has 5 heteroatoms. The Kier molecular flexibility index (Phi) is 3.66. The van der Waals surface area contributed by atoms with E-state index in [9.17, 15) is 8.42 Å². The molecule has 0 saturated carbocycles. The number of benzene rings is 2. The lowest BCUT2D eigenvalue weighted by Gasteiger charge is -2.22. The summed E-state index contributed by atoms with van der Waals surface area (Å²) in [5.74, 6) is 0. The number of hydrogen-bond acceptors (Lipinski definition) is 2.